The number of amides is 4. The largest absolute Gasteiger partial charge is 0.370 e. The van der Waals surface area contributed by atoms with E-state index in [0.29, 0.717) is 28.3 Å². The van der Waals surface area contributed by atoms with Gasteiger partial charge in [-0.3, -0.25) is 29.4 Å². The molecule has 0 unspecified atom stereocenters. The van der Waals surface area contributed by atoms with Crippen LogP contribution < -0.4 is 16.4 Å². The lowest BCUT2D eigenvalue weighted by Crippen LogP contribution is -2.53. The van der Waals surface area contributed by atoms with Crippen molar-refractivity contribution in [3.63, 3.8) is 0 Å². The van der Waals surface area contributed by atoms with Crippen molar-refractivity contribution in [2.45, 2.75) is 31.3 Å². The number of hydrogen-bond donors (Lipinski definition) is 3. The molecule has 9 heteroatoms. The molecule has 2 aromatic rings. The van der Waals surface area contributed by atoms with Gasteiger partial charge < -0.3 is 11.1 Å². The summed E-state index contributed by atoms with van der Waals surface area (Å²) in [5.41, 5.74) is 6.74. The fraction of sp³-hybridized carbons (Fsp3) is 0.333. The van der Waals surface area contributed by atoms with Crippen molar-refractivity contribution < 1.29 is 19.2 Å². The fourth-order valence-electron chi connectivity index (χ4n) is 5.55. The summed E-state index contributed by atoms with van der Waals surface area (Å²) >= 11 is 6.26. The summed E-state index contributed by atoms with van der Waals surface area (Å²) in [6.07, 6.45) is 0.333. The van der Waals surface area contributed by atoms with Crippen LogP contribution in [0.4, 0.5) is 5.69 Å². The molecule has 33 heavy (non-hydrogen) atoms. The molecule has 2 saturated heterocycles. The van der Waals surface area contributed by atoms with Gasteiger partial charge in [0.15, 0.2) is 0 Å². The van der Waals surface area contributed by atoms with Gasteiger partial charge in [-0.25, -0.2) is 0 Å². The fourth-order valence-corrected chi connectivity index (χ4v) is 5.70. The van der Waals surface area contributed by atoms with E-state index in [2.05, 4.69) is 10.6 Å². The Morgan fingerprint density at radius 2 is 1.85 bits per heavy atom. The summed E-state index contributed by atoms with van der Waals surface area (Å²) in [7, 11) is 0. The third-order valence-electron chi connectivity index (χ3n) is 7.06. The number of hydrogen-bond acceptors (Lipinski definition) is 5. The van der Waals surface area contributed by atoms with Crippen LogP contribution in [0.25, 0.3) is 0 Å². The Kier molecular flexibility index (Phi) is 5.02. The molecule has 1 spiro atoms. The molecule has 4 atom stereocenters. The average Bonchev–Trinajstić information content (AvgIpc) is 3.35. The van der Waals surface area contributed by atoms with Gasteiger partial charge in [0, 0.05) is 29.6 Å². The highest BCUT2D eigenvalue weighted by molar-refractivity contribution is 6.32. The van der Waals surface area contributed by atoms with Gasteiger partial charge in [-0.2, -0.15) is 0 Å². The third-order valence-corrected chi connectivity index (χ3v) is 7.47. The maximum atomic E-state index is 13.7. The summed E-state index contributed by atoms with van der Waals surface area (Å²) in [4.78, 5) is 53.6. The third kappa shape index (κ3) is 3.08. The SMILES string of the molecule is Cc1c(Cl)ccc2c1NC(=O)[C@]21N[C@H](CC(N)=O)[C@H]2C(=O)N(CCc3ccccc3)C(=O)[C@H]21. The van der Waals surface area contributed by atoms with E-state index in [1.165, 1.54) is 4.90 Å². The predicted octanol–water partition coefficient (Wildman–Crippen LogP) is 1.49. The van der Waals surface area contributed by atoms with Crippen LogP contribution in [0.1, 0.15) is 23.1 Å². The molecule has 3 aliphatic rings. The van der Waals surface area contributed by atoms with Crippen LogP contribution >= 0.6 is 11.6 Å². The van der Waals surface area contributed by atoms with Crippen molar-refractivity contribution in [1.82, 2.24) is 10.2 Å². The van der Waals surface area contributed by atoms with Gasteiger partial charge in [0.1, 0.15) is 5.54 Å². The highest BCUT2D eigenvalue weighted by Crippen LogP contribution is 2.54. The molecule has 0 bridgehead atoms. The topological polar surface area (TPSA) is 122 Å². The lowest BCUT2D eigenvalue weighted by atomic mass is 9.76. The highest BCUT2D eigenvalue weighted by atomic mass is 35.5. The molecule has 0 radical (unpaired) electrons. The number of imide groups is 1. The Hall–Kier alpha value is -3.23. The molecule has 4 amide bonds. The first-order chi connectivity index (χ1) is 15.8. The Morgan fingerprint density at radius 3 is 2.55 bits per heavy atom. The van der Waals surface area contributed by atoms with E-state index in [4.69, 9.17) is 17.3 Å². The number of fused-ring (bicyclic) bond motifs is 4. The van der Waals surface area contributed by atoms with Crippen molar-refractivity contribution >= 4 is 40.9 Å². The maximum Gasteiger partial charge on any atom is 0.250 e. The minimum atomic E-state index is -1.47. The van der Waals surface area contributed by atoms with Gasteiger partial charge in [-0.15, -0.1) is 0 Å². The van der Waals surface area contributed by atoms with Gasteiger partial charge in [-0.1, -0.05) is 48.0 Å². The number of carbonyl (C=O) groups is 4. The quantitative estimate of drug-likeness (QED) is 0.576. The van der Waals surface area contributed by atoms with Crippen molar-refractivity contribution in [1.29, 1.82) is 0 Å². The Labute approximate surface area is 195 Å². The van der Waals surface area contributed by atoms with Crippen molar-refractivity contribution in [3.8, 4) is 0 Å². The van der Waals surface area contributed by atoms with E-state index in [1.807, 2.05) is 30.3 Å². The highest BCUT2D eigenvalue weighted by Gasteiger charge is 2.70. The van der Waals surface area contributed by atoms with Gasteiger partial charge in [0.25, 0.3) is 0 Å². The predicted molar refractivity (Wildman–Crippen MR) is 121 cm³/mol. The van der Waals surface area contributed by atoms with Gasteiger partial charge >= 0.3 is 0 Å². The molecule has 4 N–H and O–H groups in total. The molecule has 2 aromatic carbocycles. The number of nitrogens with two attached hydrogens (primary N) is 1. The van der Waals surface area contributed by atoms with Gasteiger partial charge in [0.05, 0.1) is 17.5 Å². The molecule has 3 aliphatic heterocycles. The summed E-state index contributed by atoms with van der Waals surface area (Å²) in [5.74, 6) is -3.70. The molecule has 8 nitrogen and oxygen atoms in total. The second kappa shape index (κ2) is 7.67. The molecular formula is C24H23ClN4O4. The van der Waals surface area contributed by atoms with Gasteiger partial charge in [-0.05, 0) is 30.5 Å². The number of carbonyl (C=O) groups excluding carboxylic acids is 4. The van der Waals surface area contributed by atoms with Crippen molar-refractivity contribution in [2.24, 2.45) is 17.6 Å². The van der Waals surface area contributed by atoms with Crippen LogP contribution in [0.2, 0.25) is 5.02 Å². The van der Waals surface area contributed by atoms with Crippen LogP contribution in [-0.2, 0) is 31.1 Å². The van der Waals surface area contributed by atoms with E-state index < -0.39 is 41.1 Å². The van der Waals surface area contributed by atoms with E-state index in [0.717, 1.165) is 5.56 Å². The molecule has 5 rings (SSSR count). The molecule has 0 aliphatic carbocycles. The molecule has 170 valence electrons. The summed E-state index contributed by atoms with van der Waals surface area (Å²) in [6, 6.07) is 12.2. The number of rotatable bonds is 5. The minimum absolute atomic E-state index is 0.163. The first-order valence-corrected chi connectivity index (χ1v) is 11.2. The first-order valence-electron chi connectivity index (χ1n) is 10.8. The number of nitrogens with zero attached hydrogens (tertiary/aromatic N) is 1. The van der Waals surface area contributed by atoms with Crippen molar-refractivity contribution in [3.05, 3.63) is 64.2 Å². The summed E-state index contributed by atoms with van der Waals surface area (Å²) in [5, 5.41) is 6.51. The number of benzene rings is 2. The lowest BCUT2D eigenvalue weighted by Gasteiger charge is -2.29. The monoisotopic (exact) mass is 466 g/mol. The molecule has 2 fully saturated rings. The normalized spacial score (nSPS) is 27.8. The standard InChI is InChI=1S/C24H23ClN4O4/c1-12-15(25)8-7-14-20(12)27-23(33)24(14)19-18(16(28-24)11-17(26)30)21(31)29(22(19)32)10-9-13-5-3-2-4-6-13/h2-8,16,18-19,28H,9-11H2,1H3,(H2,26,30)(H,27,33)/t16-,18-,19+,24+/m1/s1. The summed E-state index contributed by atoms with van der Waals surface area (Å²) < 4.78 is 0. The zero-order chi connectivity index (χ0) is 23.5. The second-order valence-corrected chi connectivity index (χ2v) is 9.25. The minimum Gasteiger partial charge on any atom is -0.370 e. The second-order valence-electron chi connectivity index (χ2n) is 8.85. The number of nitrogens with one attached hydrogen (secondary N) is 2. The van der Waals surface area contributed by atoms with Crippen LogP contribution in [0.3, 0.4) is 0 Å². The average molecular weight is 467 g/mol. The van der Waals surface area contributed by atoms with E-state index >= 15 is 0 Å². The van der Waals surface area contributed by atoms with E-state index in [-0.39, 0.29) is 18.9 Å². The van der Waals surface area contributed by atoms with Crippen LogP contribution in [0, 0.1) is 18.8 Å². The molecular weight excluding hydrogens is 444 g/mol. The zero-order valence-electron chi connectivity index (χ0n) is 17.9. The first kappa shape index (κ1) is 21.6. The summed E-state index contributed by atoms with van der Waals surface area (Å²) in [6.45, 7) is 1.98. The number of primary amides is 1. The Morgan fingerprint density at radius 1 is 1.12 bits per heavy atom. The number of anilines is 1. The van der Waals surface area contributed by atoms with Crippen molar-refractivity contribution in [2.75, 3.05) is 11.9 Å². The van der Waals surface area contributed by atoms with Crippen LogP contribution in [-0.4, -0.2) is 41.1 Å². The van der Waals surface area contributed by atoms with Crippen LogP contribution in [0.15, 0.2) is 42.5 Å². The zero-order valence-corrected chi connectivity index (χ0v) is 18.7. The lowest BCUT2D eigenvalue weighted by molar-refractivity contribution is -0.142. The molecule has 3 heterocycles. The maximum absolute atomic E-state index is 13.7. The molecule has 0 aromatic heterocycles. The number of likely N-dealkylation sites (tertiary alicyclic amines) is 1. The Bertz CT molecular complexity index is 1200. The van der Waals surface area contributed by atoms with E-state index in [1.54, 1.807) is 19.1 Å². The Balaban J connectivity index is 1.56. The van der Waals surface area contributed by atoms with E-state index in [9.17, 15) is 19.2 Å². The molecule has 0 saturated carbocycles. The van der Waals surface area contributed by atoms with Crippen LogP contribution in [0.5, 0.6) is 0 Å². The number of halogens is 1. The van der Waals surface area contributed by atoms with Gasteiger partial charge in [0.2, 0.25) is 23.6 Å². The smallest absolute Gasteiger partial charge is 0.250 e.